The Bertz CT molecular complexity index is 891. The Morgan fingerprint density at radius 3 is 2.54 bits per heavy atom. The molecule has 0 spiro atoms. The van der Waals surface area contributed by atoms with Gasteiger partial charge < -0.3 is 15.8 Å². The maximum absolute atomic E-state index is 6.04. The summed E-state index contributed by atoms with van der Waals surface area (Å²) in [4.78, 5) is 4.34. The van der Waals surface area contributed by atoms with Crippen LogP contribution in [0, 0.1) is 0 Å². The topological polar surface area (TPSA) is 78.0 Å². The van der Waals surface area contributed by atoms with Crippen molar-refractivity contribution in [2.24, 2.45) is 0 Å². The van der Waals surface area contributed by atoms with Crippen molar-refractivity contribution in [2.45, 2.75) is 25.4 Å². The minimum Gasteiger partial charge on any atom is -0.494 e. The zero-order valence-corrected chi connectivity index (χ0v) is 15.1. The van der Waals surface area contributed by atoms with E-state index in [4.69, 9.17) is 22.1 Å². The Morgan fingerprint density at radius 2 is 1.85 bits per heavy atom. The minimum absolute atomic E-state index is 0.0323. The molecule has 0 radical (unpaired) electrons. The summed E-state index contributed by atoms with van der Waals surface area (Å²) in [5.74, 6) is 1.81. The highest BCUT2D eigenvalue weighted by Gasteiger charge is 2.30. The Kier molecular flexibility index (Phi) is 4.42. The van der Waals surface area contributed by atoms with Gasteiger partial charge in [0.25, 0.3) is 0 Å². The molecule has 7 heteroatoms. The van der Waals surface area contributed by atoms with Crippen molar-refractivity contribution in [1.29, 1.82) is 0 Å². The molecule has 3 N–H and O–H groups in total. The number of nitrogens with zero attached hydrogens (tertiary/aromatic N) is 3. The first-order valence-electron chi connectivity index (χ1n) is 8.61. The number of nitrogens with two attached hydrogens (primary N) is 1. The fourth-order valence-corrected chi connectivity index (χ4v) is 3.46. The Morgan fingerprint density at radius 1 is 1.15 bits per heavy atom. The van der Waals surface area contributed by atoms with Gasteiger partial charge in [-0.2, -0.15) is 4.98 Å². The zero-order valence-electron chi connectivity index (χ0n) is 14.4. The van der Waals surface area contributed by atoms with E-state index < -0.39 is 0 Å². The number of rotatable bonds is 4. The average Bonchev–Trinajstić information content (AvgIpc) is 3.03. The number of halogens is 1. The number of benzene rings is 2. The number of hydrogen-bond acceptors (Lipinski definition) is 5. The molecule has 4 rings (SSSR count). The lowest BCUT2D eigenvalue weighted by Crippen LogP contribution is -2.28. The Labute approximate surface area is 156 Å². The lowest BCUT2D eigenvalue weighted by atomic mass is 9.93. The molecule has 3 aromatic rings. The van der Waals surface area contributed by atoms with Crippen LogP contribution < -0.4 is 15.8 Å². The second-order valence-electron chi connectivity index (χ2n) is 6.24. The summed E-state index contributed by atoms with van der Waals surface area (Å²) in [7, 11) is 0. The number of anilines is 2. The second-order valence-corrected chi connectivity index (χ2v) is 6.68. The Hall–Kier alpha value is -2.73. The summed E-state index contributed by atoms with van der Waals surface area (Å²) < 4.78 is 7.38. The average molecular weight is 370 g/mol. The highest BCUT2D eigenvalue weighted by molar-refractivity contribution is 6.30. The molecule has 134 valence electrons. The van der Waals surface area contributed by atoms with Crippen molar-refractivity contribution in [3.05, 3.63) is 64.7 Å². The molecule has 2 heterocycles. The Balaban J connectivity index is 1.67. The molecule has 0 amide bonds. The quantitative estimate of drug-likeness (QED) is 0.725. The normalized spacial score (nSPS) is 18.8. The smallest absolute Gasteiger partial charge is 0.241 e. The van der Waals surface area contributed by atoms with Gasteiger partial charge in [-0.3, -0.25) is 0 Å². The van der Waals surface area contributed by atoms with Gasteiger partial charge in [0.1, 0.15) is 5.75 Å². The molecule has 1 aliphatic rings. The second kappa shape index (κ2) is 6.88. The predicted octanol–water partition coefficient (Wildman–Crippen LogP) is 4.06. The highest BCUT2D eigenvalue weighted by Crippen LogP contribution is 2.38. The van der Waals surface area contributed by atoms with Crippen LogP contribution in [-0.4, -0.2) is 21.4 Å². The van der Waals surface area contributed by atoms with E-state index in [0.717, 1.165) is 17.7 Å². The molecule has 0 unspecified atom stereocenters. The number of nitrogens with one attached hydrogen (secondary N) is 1. The molecule has 2 aromatic carbocycles. The van der Waals surface area contributed by atoms with Crippen LogP contribution in [-0.2, 0) is 0 Å². The minimum atomic E-state index is 0.0323. The summed E-state index contributed by atoms with van der Waals surface area (Å²) in [6, 6.07) is 16.1. The van der Waals surface area contributed by atoms with Gasteiger partial charge in [0.2, 0.25) is 11.9 Å². The van der Waals surface area contributed by atoms with Gasteiger partial charge in [-0.25, -0.2) is 4.68 Å². The molecule has 0 aliphatic carbocycles. The van der Waals surface area contributed by atoms with E-state index in [1.165, 1.54) is 5.56 Å². The maximum Gasteiger partial charge on any atom is 0.241 e. The summed E-state index contributed by atoms with van der Waals surface area (Å²) in [6.45, 7) is 2.63. The van der Waals surface area contributed by atoms with Crippen LogP contribution in [0.1, 0.15) is 36.6 Å². The van der Waals surface area contributed by atoms with Gasteiger partial charge in [-0.15, -0.1) is 5.10 Å². The van der Waals surface area contributed by atoms with Crippen molar-refractivity contribution >= 4 is 23.5 Å². The van der Waals surface area contributed by atoms with E-state index in [2.05, 4.69) is 27.5 Å². The third-order valence-electron chi connectivity index (χ3n) is 4.55. The third kappa shape index (κ3) is 3.20. The first-order valence-corrected chi connectivity index (χ1v) is 8.98. The third-order valence-corrected chi connectivity index (χ3v) is 4.81. The van der Waals surface area contributed by atoms with Crippen LogP contribution in [0.5, 0.6) is 5.75 Å². The van der Waals surface area contributed by atoms with Crippen LogP contribution >= 0.6 is 11.6 Å². The number of hydrogen-bond donors (Lipinski definition) is 2. The first-order chi connectivity index (χ1) is 12.6. The van der Waals surface area contributed by atoms with Crippen molar-refractivity contribution in [3.8, 4) is 5.75 Å². The van der Waals surface area contributed by atoms with Crippen LogP contribution in [0.15, 0.2) is 48.5 Å². The molecule has 26 heavy (non-hydrogen) atoms. The lowest BCUT2D eigenvalue weighted by molar-refractivity contribution is 0.340. The van der Waals surface area contributed by atoms with E-state index in [9.17, 15) is 0 Å². The van der Waals surface area contributed by atoms with Gasteiger partial charge in [0.05, 0.1) is 18.7 Å². The SMILES string of the molecule is CCOc1ccc([C@H]2C[C@H](c3ccc(Cl)cc3)n3nc(N)nc3N2)cc1. The van der Waals surface area contributed by atoms with E-state index in [0.29, 0.717) is 17.6 Å². The van der Waals surface area contributed by atoms with Gasteiger partial charge in [0.15, 0.2) is 0 Å². The largest absolute Gasteiger partial charge is 0.494 e. The fraction of sp³-hybridized carbons (Fsp3) is 0.263. The molecule has 0 saturated heterocycles. The van der Waals surface area contributed by atoms with Gasteiger partial charge in [-0.05, 0) is 48.7 Å². The van der Waals surface area contributed by atoms with Crippen molar-refractivity contribution in [2.75, 3.05) is 17.7 Å². The van der Waals surface area contributed by atoms with E-state index in [-0.39, 0.29) is 18.0 Å². The molecule has 6 nitrogen and oxygen atoms in total. The first kappa shape index (κ1) is 16.7. The summed E-state index contributed by atoms with van der Waals surface area (Å²) >= 11 is 6.04. The zero-order chi connectivity index (χ0) is 18.1. The van der Waals surface area contributed by atoms with Gasteiger partial charge in [-0.1, -0.05) is 35.9 Å². The molecule has 0 fully saturated rings. The molecule has 0 saturated carbocycles. The molecular weight excluding hydrogens is 350 g/mol. The van der Waals surface area contributed by atoms with E-state index in [1.807, 2.05) is 48.0 Å². The van der Waals surface area contributed by atoms with Crippen molar-refractivity contribution in [1.82, 2.24) is 14.8 Å². The number of nitrogen functional groups attached to an aromatic ring is 1. The summed E-state index contributed by atoms with van der Waals surface area (Å²) in [5, 5.41) is 8.52. The maximum atomic E-state index is 6.04. The van der Waals surface area contributed by atoms with Crippen molar-refractivity contribution < 1.29 is 4.74 Å². The molecule has 1 aromatic heterocycles. The molecule has 0 bridgehead atoms. The van der Waals surface area contributed by atoms with E-state index >= 15 is 0 Å². The van der Waals surface area contributed by atoms with Crippen LogP contribution in [0.4, 0.5) is 11.9 Å². The van der Waals surface area contributed by atoms with Gasteiger partial charge >= 0.3 is 0 Å². The molecule has 1 aliphatic heterocycles. The number of ether oxygens (including phenoxy) is 1. The number of aromatic nitrogens is 3. The highest BCUT2D eigenvalue weighted by atomic mass is 35.5. The van der Waals surface area contributed by atoms with Crippen LogP contribution in [0.3, 0.4) is 0 Å². The lowest BCUT2D eigenvalue weighted by Gasteiger charge is -2.31. The predicted molar refractivity (Wildman–Crippen MR) is 103 cm³/mol. The van der Waals surface area contributed by atoms with Gasteiger partial charge in [0, 0.05) is 5.02 Å². The van der Waals surface area contributed by atoms with Crippen LogP contribution in [0.25, 0.3) is 0 Å². The van der Waals surface area contributed by atoms with E-state index in [1.54, 1.807) is 0 Å². The standard InChI is InChI=1S/C19H20ClN5O/c1-2-26-15-9-5-12(6-10-15)16-11-17(13-3-7-14(20)8-4-13)25-19(22-16)23-18(21)24-25/h3-10,16-17H,2,11H2,1H3,(H3,21,22,23,24)/t16-,17-/m1/s1. The fourth-order valence-electron chi connectivity index (χ4n) is 3.34. The molecule has 2 atom stereocenters. The summed E-state index contributed by atoms with van der Waals surface area (Å²) in [5.41, 5.74) is 8.13. The molecular formula is C19H20ClN5O. The van der Waals surface area contributed by atoms with Crippen molar-refractivity contribution in [3.63, 3.8) is 0 Å². The number of fused-ring (bicyclic) bond motifs is 1. The summed E-state index contributed by atoms with van der Waals surface area (Å²) in [6.07, 6.45) is 0.825. The van der Waals surface area contributed by atoms with Crippen LogP contribution in [0.2, 0.25) is 5.02 Å². The monoisotopic (exact) mass is 369 g/mol.